The van der Waals surface area contributed by atoms with Crippen LogP contribution in [-0.2, 0) is 0 Å². The number of nitrogen functional groups attached to an aromatic ring is 1. The third kappa shape index (κ3) is 3.15. The van der Waals surface area contributed by atoms with Crippen LogP contribution in [0.25, 0.3) is 22.6 Å². The number of hydrogen-bond donors (Lipinski definition) is 1. The van der Waals surface area contributed by atoms with Crippen LogP contribution in [0.2, 0.25) is 10.0 Å². The van der Waals surface area contributed by atoms with E-state index in [0.29, 0.717) is 27.4 Å². The van der Waals surface area contributed by atoms with E-state index in [-0.39, 0.29) is 0 Å². The first-order valence-electron chi connectivity index (χ1n) is 6.28. The number of aromatic nitrogens is 2. The van der Waals surface area contributed by atoms with Crippen molar-refractivity contribution in [3.8, 4) is 22.6 Å². The predicted octanol–water partition coefficient (Wildman–Crippen LogP) is 4.70. The molecule has 2 N–H and O–H groups in total. The van der Waals surface area contributed by atoms with Crippen molar-refractivity contribution >= 4 is 29.0 Å². The Bertz CT molecular complexity index is 769. The average Bonchev–Trinajstić information content (AvgIpc) is 2.46. The molecule has 0 unspecified atom stereocenters. The molecule has 0 saturated carbocycles. The van der Waals surface area contributed by atoms with E-state index in [1.54, 1.807) is 24.3 Å². The zero-order valence-electron chi connectivity index (χ0n) is 10.9. The first kappa shape index (κ1) is 13.9. The summed E-state index contributed by atoms with van der Waals surface area (Å²) in [5.41, 5.74) is 8.29. The molecule has 0 amide bonds. The highest BCUT2D eigenvalue weighted by Gasteiger charge is 2.08. The topological polar surface area (TPSA) is 51.8 Å². The third-order valence-corrected chi connectivity index (χ3v) is 3.37. The number of hydrogen-bond acceptors (Lipinski definition) is 3. The van der Waals surface area contributed by atoms with E-state index in [4.69, 9.17) is 28.9 Å². The molecule has 0 bridgehead atoms. The summed E-state index contributed by atoms with van der Waals surface area (Å²) in [5.74, 6) is 0.969. The van der Waals surface area contributed by atoms with Gasteiger partial charge in [-0.25, -0.2) is 9.97 Å². The normalized spacial score (nSPS) is 10.6. The molecule has 0 spiro atoms. The predicted molar refractivity (Wildman–Crippen MR) is 87.3 cm³/mol. The van der Waals surface area contributed by atoms with Crippen molar-refractivity contribution in [1.29, 1.82) is 0 Å². The molecule has 3 rings (SSSR count). The highest BCUT2D eigenvalue weighted by Crippen LogP contribution is 2.28. The molecule has 0 saturated heterocycles. The van der Waals surface area contributed by atoms with Gasteiger partial charge in [0.1, 0.15) is 5.82 Å². The molecule has 1 heterocycles. The molecule has 0 aliphatic carbocycles. The molecular formula is C16H11Cl2N3. The highest BCUT2D eigenvalue weighted by atomic mass is 35.5. The van der Waals surface area contributed by atoms with Crippen LogP contribution in [0.1, 0.15) is 0 Å². The van der Waals surface area contributed by atoms with E-state index in [1.807, 2.05) is 30.3 Å². The summed E-state index contributed by atoms with van der Waals surface area (Å²) in [7, 11) is 0. The third-order valence-electron chi connectivity index (χ3n) is 2.94. The van der Waals surface area contributed by atoms with Gasteiger partial charge in [-0.3, -0.25) is 0 Å². The smallest absolute Gasteiger partial charge is 0.162 e. The maximum absolute atomic E-state index is 6.04. The SMILES string of the molecule is Nc1cc(-c2cc(Cl)cc(Cl)c2)nc(-c2ccccc2)n1. The number of halogens is 2. The molecule has 21 heavy (non-hydrogen) atoms. The van der Waals surface area contributed by atoms with Gasteiger partial charge in [0.15, 0.2) is 5.82 Å². The molecule has 104 valence electrons. The molecule has 0 aliphatic rings. The van der Waals surface area contributed by atoms with Crippen molar-refractivity contribution in [2.75, 3.05) is 5.73 Å². The second-order valence-corrected chi connectivity index (χ2v) is 5.40. The van der Waals surface area contributed by atoms with E-state index < -0.39 is 0 Å². The van der Waals surface area contributed by atoms with E-state index >= 15 is 0 Å². The van der Waals surface area contributed by atoms with Crippen LogP contribution >= 0.6 is 23.2 Å². The van der Waals surface area contributed by atoms with Crippen LogP contribution in [0.4, 0.5) is 5.82 Å². The van der Waals surface area contributed by atoms with Gasteiger partial charge in [-0.15, -0.1) is 0 Å². The van der Waals surface area contributed by atoms with E-state index in [9.17, 15) is 0 Å². The van der Waals surface area contributed by atoms with Gasteiger partial charge in [-0.1, -0.05) is 53.5 Å². The molecule has 0 fully saturated rings. The van der Waals surface area contributed by atoms with Gasteiger partial charge in [0, 0.05) is 27.2 Å². The summed E-state index contributed by atoms with van der Waals surface area (Å²) in [6.45, 7) is 0. The first-order chi connectivity index (χ1) is 10.1. The van der Waals surface area contributed by atoms with Crippen molar-refractivity contribution in [3.63, 3.8) is 0 Å². The van der Waals surface area contributed by atoms with Crippen LogP contribution in [0.5, 0.6) is 0 Å². The van der Waals surface area contributed by atoms with Gasteiger partial charge >= 0.3 is 0 Å². The molecule has 1 aromatic heterocycles. The van der Waals surface area contributed by atoms with Crippen LogP contribution in [0.15, 0.2) is 54.6 Å². The van der Waals surface area contributed by atoms with Gasteiger partial charge in [0.05, 0.1) is 5.69 Å². The maximum Gasteiger partial charge on any atom is 0.162 e. The lowest BCUT2D eigenvalue weighted by Gasteiger charge is -2.07. The summed E-state index contributed by atoms with van der Waals surface area (Å²) in [4.78, 5) is 8.82. The van der Waals surface area contributed by atoms with Gasteiger partial charge in [-0.05, 0) is 18.2 Å². The Balaban J connectivity index is 2.14. The van der Waals surface area contributed by atoms with Gasteiger partial charge in [-0.2, -0.15) is 0 Å². The summed E-state index contributed by atoms with van der Waals surface area (Å²) >= 11 is 12.1. The first-order valence-corrected chi connectivity index (χ1v) is 7.04. The number of nitrogens with two attached hydrogens (primary N) is 1. The lowest BCUT2D eigenvalue weighted by atomic mass is 10.1. The summed E-state index contributed by atoms with van der Waals surface area (Å²) in [5, 5.41) is 1.10. The van der Waals surface area contributed by atoms with Gasteiger partial charge < -0.3 is 5.73 Å². The van der Waals surface area contributed by atoms with Gasteiger partial charge in [0.25, 0.3) is 0 Å². The average molecular weight is 316 g/mol. The number of rotatable bonds is 2. The van der Waals surface area contributed by atoms with Crippen LogP contribution in [0.3, 0.4) is 0 Å². The van der Waals surface area contributed by atoms with Crippen LogP contribution < -0.4 is 5.73 Å². The Morgan fingerprint density at radius 3 is 2.10 bits per heavy atom. The largest absolute Gasteiger partial charge is 0.384 e. The molecule has 2 aromatic carbocycles. The monoisotopic (exact) mass is 315 g/mol. The summed E-state index contributed by atoms with van der Waals surface area (Å²) in [6.07, 6.45) is 0. The summed E-state index contributed by atoms with van der Waals surface area (Å²) < 4.78 is 0. The van der Waals surface area contributed by atoms with E-state index in [1.165, 1.54) is 0 Å². The fourth-order valence-electron chi connectivity index (χ4n) is 2.03. The molecule has 0 atom stereocenters. The van der Waals surface area contributed by atoms with Crippen molar-refractivity contribution in [2.24, 2.45) is 0 Å². The lowest BCUT2D eigenvalue weighted by molar-refractivity contribution is 1.19. The fraction of sp³-hybridized carbons (Fsp3) is 0. The molecular weight excluding hydrogens is 305 g/mol. The minimum Gasteiger partial charge on any atom is -0.384 e. The Labute approximate surface area is 132 Å². The number of benzene rings is 2. The van der Waals surface area contributed by atoms with E-state index in [2.05, 4.69) is 9.97 Å². The fourth-order valence-corrected chi connectivity index (χ4v) is 2.56. The Kier molecular flexibility index (Phi) is 3.78. The van der Waals surface area contributed by atoms with Gasteiger partial charge in [0.2, 0.25) is 0 Å². The van der Waals surface area contributed by atoms with Crippen molar-refractivity contribution in [2.45, 2.75) is 0 Å². The Hall–Kier alpha value is -2.10. The Morgan fingerprint density at radius 2 is 1.43 bits per heavy atom. The molecule has 3 nitrogen and oxygen atoms in total. The molecule has 5 heteroatoms. The van der Waals surface area contributed by atoms with Crippen LogP contribution in [-0.4, -0.2) is 9.97 Å². The molecule has 0 aliphatic heterocycles. The van der Waals surface area contributed by atoms with Crippen molar-refractivity contribution in [3.05, 3.63) is 64.6 Å². The van der Waals surface area contributed by atoms with E-state index in [0.717, 1.165) is 11.1 Å². The Morgan fingerprint density at radius 1 is 0.762 bits per heavy atom. The zero-order valence-corrected chi connectivity index (χ0v) is 12.4. The highest BCUT2D eigenvalue weighted by molar-refractivity contribution is 6.35. The quantitative estimate of drug-likeness (QED) is 0.745. The zero-order chi connectivity index (χ0) is 14.8. The second-order valence-electron chi connectivity index (χ2n) is 4.53. The second kappa shape index (κ2) is 5.72. The number of nitrogens with zero attached hydrogens (tertiary/aromatic N) is 2. The minimum absolute atomic E-state index is 0.398. The van der Waals surface area contributed by atoms with Crippen LogP contribution in [0, 0.1) is 0 Å². The van der Waals surface area contributed by atoms with Crippen molar-refractivity contribution < 1.29 is 0 Å². The minimum atomic E-state index is 0.398. The summed E-state index contributed by atoms with van der Waals surface area (Å²) in [6, 6.07) is 16.6. The molecule has 3 aromatic rings. The standard InChI is InChI=1S/C16H11Cl2N3/c17-12-6-11(7-13(18)8-12)14-9-15(19)21-16(20-14)10-4-2-1-3-5-10/h1-9H,(H2,19,20,21). The lowest BCUT2D eigenvalue weighted by Crippen LogP contribution is -1.98. The maximum atomic E-state index is 6.04. The number of anilines is 1. The molecule has 0 radical (unpaired) electrons. The van der Waals surface area contributed by atoms with Crippen molar-refractivity contribution in [1.82, 2.24) is 9.97 Å².